The molecule has 0 aliphatic rings. The number of likely N-dealkylation sites (N-methyl/N-ethyl adjacent to an activating group) is 1. The van der Waals surface area contributed by atoms with E-state index in [2.05, 4.69) is 26.1 Å². The largest absolute Gasteiger partial charge is 0.463 e. The first-order valence-electron chi connectivity index (χ1n) is 12.3. The van der Waals surface area contributed by atoms with Gasteiger partial charge in [-0.05, 0) is 44.9 Å². The molecule has 0 fully saturated rings. The predicted octanol–water partition coefficient (Wildman–Crippen LogP) is 5.12. The third-order valence-corrected chi connectivity index (χ3v) is 6.56. The molecule has 0 aromatic carbocycles. The van der Waals surface area contributed by atoms with Crippen LogP contribution in [0.15, 0.2) is 11.6 Å². The Bertz CT molecular complexity index is 636. The molecule has 0 rings (SSSR count). The van der Waals surface area contributed by atoms with Crippen LogP contribution in [0.25, 0.3) is 0 Å². The van der Waals surface area contributed by atoms with E-state index in [0.717, 1.165) is 32.1 Å². The van der Waals surface area contributed by atoms with Crippen LogP contribution in [0.2, 0.25) is 0 Å². The van der Waals surface area contributed by atoms with E-state index in [1.165, 1.54) is 0 Å². The molecular weight excluding hydrogens is 404 g/mol. The first-order valence-corrected chi connectivity index (χ1v) is 12.3. The Labute approximate surface area is 196 Å². The molecule has 0 aliphatic heterocycles. The molecule has 0 saturated heterocycles. The molecule has 2 atom stereocenters. The zero-order valence-corrected chi connectivity index (χ0v) is 22.2. The summed E-state index contributed by atoms with van der Waals surface area (Å²) in [6, 6.07) is -0.906. The van der Waals surface area contributed by atoms with Gasteiger partial charge in [0.1, 0.15) is 6.04 Å². The molecule has 0 spiro atoms. The molecule has 0 bridgehead atoms. The molecule has 6 nitrogen and oxygen atoms in total. The molecule has 2 amide bonds. The van der Waals surface area contributed by atoms with E-state index in [1.54, 1.807) is 31.9 Å². The van der Waals surface area contributed by atoms with Crippen molar-refractivity contribution in [2.45, 2.75) is 107 Å². The van der Waals surface area contributed by atoms with Gasteiger partial charge in [0.05, 0.1) is 12.6 Å². The maximum atomic E-state index is 13.5. The summed E-state index contributed by atoms with van der Waals surface area (Å²) in [5, 5.41) is 3.10. The van der Waals surface area contributed by atoms with Crippen LogP contribution in [0.4, 0.5) is 0 Å². The zero-order chi connectivity index (χ0) is 25.1. The lowest BCUT2D eigenvalue weighted by atomic mass is 9.76. The maximum Gasteiger partial charge on any atom is 0.333 e. The lowest BCUT2D eigenvalue weighted by molar-refractivity contribution is -0.142. The van der Waals surface area contributed by atoms with E-state index in [-0.39, 0.29) is 35.7 Å². The Kier molecular flexibility index (Phi) is 13.5. The van der Waals surface area contributed by atoms with Gasteiger partial charge in [-0.2, -0.15) is 0 Å². The molecule has 6 heteroatoms. The molecule has 0 heterocycles. The van der Waals surface area contributed by atoms with Crippen molar-refractivity contribution in [1.82, 2.24) is 10.2 Å². The van der Waals surface area contributed by atoms with Gasteiger partial charge in [-0.1, -0.05) is 67.4 Å². The van der Waals surface area contributed by atoms with E-state index < -0.39 is 11.5 Å². The number of amides is 2. The van der Waals surface area contributed by atoms with Crippen LogP contribution >= 0.6 is 0 Å². The van der Waals surface area contributed by atoms with Crippen molar-refractivity contribution in [2.75, 3.05) is 13.7 Å². The number of hydrogen-bond donors (Lipinski definition) is 1. The van der Waals surface area contributed by atoms with Crippen LogP contribution in [-0.4, -0.2) is 48.4 Å². The normalized spacial score (nSPS) is 14.3. The Balaban J connectivity index is 5.81. The number of carbonyl (C=O) groups excluding carboxylic acids is 3. The number of unbranched alkanes of at least 4 members (excludes halogenated alkanes) is 1. The highest BCUT2D eigenvalue weighted by molar-refractivity contribution is 5.91. The third kappa shape index (κ3) is 8.25. The Morgan fingerprint density at radius 1 is 1.00 bits per heavy atom. The second kappa shape index (κ2) is 14.3. The first-order chi connectivity index (χ1) is 14.9. The van der Waals surface area contributed by atoms with E-state index in [1.807, 2.05) is 27.7 Å². The van der Waals surface area contributed by atoms with Crippen LogP contribution in [0.5, 0.6) is 0 Å². The van der Waals surface area contributed by atoms with Crippen LogP contribution in [0.1, 0.15) is 94.4 Å². The van der Waals surface area contributed by atoms with Gasteiger partial charge in [-0.25, -0.2) is 4.79 Å². The summed E-state index contributed by atoms with van der Waals surface area (Å²) >= 11 is 0. The third-order valence-electron chi connectivity index (χ3n) is 6.56. The lowest BCUT2D eigenvalue weighted by Gasteiger charge is -2.36. The first kappa shape index (κ1) is 30.1. The average molecular weight is 453 g/mol. The van der Waals surface area contributed by atoms with Crippen molar-refractivity contribution < 1.29 is 19.1 Å². The van der Waals surface area contributed by atoms with E-state index >= 15 is 0 Å². The molecule has 0 aromatic heterocycles. The van der Waals surface area contributed by atoms with E-state index in [4.69, 9.17) is 4.74 Å². The number of ether oxygens (including phenoxy) is 1. The number of hydrogen-bond acceptors (Lipinski definition) is 4. The van der Waals surface area contributed by atoms with Crippen LogP contribution < -0.4 is 5.32 Å². The number of rotatable bonds is 14. The van der Waals surface area contributed by atoms with Gasteiger partial charge in [-0.3, -0.25) is 9.59 Å². The molecular formula is C26H48N2O4. The van der Waals surface area contributed by atoms with Gasteiger partial charge in [0.25, 0.3) is 0 Å². The summed E-state index contributed by atoms with van der Waals surface area (Å²) in [5.74, 6) is -0.521. The van der Waals surface area contributed by atoms with Crippen molar-refractivity contribution in [3.63, 3.8) is 0 Å². The summed E-state index contributed by atoms with van der Waals surface area (Å²) in [5.41, 5.74) is 0.0331. The second-order valence-electron chi connectivity index (χ2n) is 9.54. The monoisotopic (exact) mass is 452 g/mol. The molecule has 0 unspecified atom stereocenters. The minimum atomic E-state index is -0.621. The topological polar surface area (TPSA) is 75.7 Å². The fourth-order valence-corrected chi connectivity index (χ4v) is 4.05. The highest BCUT2D eigenvalue weighted by Gasteiger charge is 2.38. The highest BCUT2D eigenvalue weighted by Crippen LogP contribution is 2.33. The van der Waals surface area contributed by atoms with Crippen molar-refractivity contribution in [3.05, 3.63) is 11.6 Å². The van der Waals surface area contributed by atoms with Crippen molar-refractivity contribution >= 4 is 17.8 Å². The molecule has 0 aliphatic carbocycles. The van der Waals surface area contributed by atoms with Gasteiger partial charge >= 0.3 is 5.97 Å². The number of esters is 1. The van der Waals surface area contributed by atoms with Crippen molar-refractivity contribution in [2.24, 2.45) is 17.3 Å². The van der Waals surface area contributed by atoms with Gasteiger partial charge in [0.2, 0.25) is 11.8 Å². The van der Waals surface area contributed by atoms with E-state index in [0.29, 0.717) is 12.2 Å². The average Bonchev–Trinajstić information content (AvgIpc) is 2.75. The zero-order valence-electron chi connectivity index (χ0n) is 22.2. The maximum absolute atomic E-state index is 13.5. The molecule has 0 radical (unpaired) electrons. The lowest BCUT2D eigenvalue weighted by Crippen LogP contribution is -2.56. The summed E-state index contributed by atoms with van der Waals surface area (Å²) < 4.78 is 5.09. The standard InChI is InChI=1S/C26H48N2O4/c1-11-15-16-26(12-2,13-3)25(31)27-22(19(7)8)23(29)28(10)21(18(5)6)17-20(9)24(30)32-14-4/h17-19,21-22H,11-16H2,1-10H3,(H,27,31)/b20-17+/t21-,22+/m1/s1. The van der Waals surface area contributed by atoms with Crippen LogP contribution in [-0.2, 0) is 19.1 Å². The van der Waals surface area contributed by atoms with Gasteiger partial charge in [0, 0.05) is 18.0 Å². The SMILES string of the molecule is CCCCC(CC)(CC)C(=O)N[C@H](C(=O)N(C)[C@H](/C=C(\C)C(=O)OCC)C(C)C)C(C)C. The molecule has 0 saturated carbocycles. The highest BCUT2D eigenvalue weighted by atomic mass is 16.5. The van der Waals surface area contributed by atoms with Crippen molar-refractivity contribution in [3.8, 4) is 0 Å². The fraction of sp³-hybridized carbons (Fsp3) is 0.808. The Morgan fingerprint density at radius 2 is 1.56 bits per heavy atom. The Morgan fingerprint density at radius 3 is 1.97 bits per heavy atom. The van der Waals surface area contributed by atoms with E-state index in [9.17, 15) is 14.4 Å². The van der Waals surface area contributed by atoms with Gasteiger partial charge in [0.15, 0.2) is 0 Å². The second-order valence-corrected chi connectivity index (χ2v) is 9.54. The van der Waals surface area contributed by atoms with Gasteiger partial charge in [-0.15, -0.1) is 0 Å². The molecule has 0 aromatic rings. The summed E-state index contributed by atoms with van der Waals surface area (Å²) in [4.78, 5) is 40.6. The smallest absolute Gasteiger partial charge is 0.333 e. The van der Waals surface area contributed by atoms with Gasteiger partial charge < -0.3 is 15.0 Å². The number of nitrogens with one attached hydrogen (secondary N) is 1. The fourth-order valence-electron chi connectivity index (χ4n) is 4.05. The summed E-state index contributed by atoms with van der Waals surface area (Å²) in [7, 11) is 1.74. The molecule has 32 heavy (non-hydrogen) atoms. The number of carbonyl (C=O) groups is 3. The van der Waals surface area contributed by atoms with Crippen LogP contribution in [0.3, 0.4) is 0 Å². The summed E-state index contributed by atoms with van der Waals surface area (Å²) in [6.07, 6.45) is 6.15. The van der Waals surface area contributed by atoms with Crippen LogP contribution in [0, 0.1) is 17.3 Å². The number of nitrogens with zero attached hydrogens (tertiary/aromatic N) is 1. The minimum Gasteiger partial charge on any atom is -0.463 e. The molecule has 186 valence electrons. The quantitative estimate of drug-likeness (QED) is 0.293. The summed E-state index contributed by atoms with van der Waals surface area (Å²) in [6.45, 7) is 17.9. The predicted molar refractivity (Wildman–Crippen MR) is 131 cm³/mol. The van der Waals surface area contributed by atoms with Crippen molar-refractivity contribution in [1.29, 1.82) is 0 Å². The Hall–Kier alpha value is -1.85. The minimum absolute atomic E-state index is 0.0317. The molecule has 1 N–H and O–H groups in total.